The van der Waals surface area contributed by atoms with Crippen molar-refractivity contribution < 1.29 is 27.5 Å². The minimum Gasteiger partial charge on any atom is -0.481 e. The Morgan fingerprint density at radius 1 is 1.19 bits per heavy atom. The maximum atomic E-state index is 13.3. The number of hydrogen-bond donors (Lipinski definition) is 0. The summed E-state index contributed by atoms with van der Waals surface area (Å²) >= 11 is 1.54. The summed E-state index contributed by atoms with van der Waals surface area (Å²) < 4.78 is 35.7. The first kappa shape index (κ1) is 23.9. The fraction of sp³-hybridized carbons (Fsp3) is 0.381. The Labute approximate surface area is 191 Å². The molecule has 0 saturated heterocycles. The number of amides is 2. The summed E-state index contributed by atoms with van der Waals surface area (Å²) in [7, 11) is -1.35. The zero-order chi connectivity index (χ0) is 23.7. The third-order valence-corrected chi connectivity index (χ3v) is 7.03. The molecule has 1 aliphatic heterocycles. The first-order chi connectivity index (χ1) is 15.0. The molecule has 0 radical (unpaired) electrons. The van der Waals surface area contributed by atoms with Crippen LogP contribution in [0.5, 0.6) is 11.8 Å². The number of anilines is 2. The van der Waals surface area contributed by atoms with Gasteiger partial charge in [-0.15, -0.1) is 11.8 Å². The lowest BCUT2D eigenvalue weighted by Crippen LogP contribution is -2.46. The summed E-state index contributed by atoms with van der Waals surface area (Å²) in [4.78, 5) is 32.7. The molecule has 0 fully saturated rings. The Kier molecular flexibility index (Phi) is 6.70. The van der Waals surface area contributed by atoms with E-state index in [4.69, 9.17) is 9.47 Å². The van der Waals surface area contributed by atoms with Crippen LogP contribution in [0.2, 0.25) is 0 Å². The van der Waals surface area contributed by atoms with Gasteiger partial charge in [0.1, 0.15) is 12.2 Å². The molecule has 1 aromatic heterocycles. The van der Waals surface area contributed by atoms with E-state index in [0.717, 1.165) is 11.2 Å². The van der Waals surface area contributed by atoms with Crippen molar-refractivity contribution >= 4 is 45.0 Å². The average molecular weight is 480 g/mol. The fourth-order valence-electron chi connectivity index (χ4n) is 3.40. The first-order valence-corrected chi connectivity index (χ1v) is 12.3. The van der Waals surface area contributed by atoms with Gasteiger partial charge in [0.2, 0.25) is 27.7 Å². The van der Waals surface area contributed by atoms with Gasteiger partial charge in [0.05, 0.1) is 26.2 Å². The summed E-state index contributed by atoms with van der Waals surface area (Å²) in [5, 5.41) is 0. The number of methoxy groups -OCH3 is 2. The van der Waals surface area contributed by atoms with E-state index in [-0.39, 0.29) is 34.5 Å². The second-order valence-electron chi connectivity index (χ2n) is 7.79. The van der Waals surface area contributed by atoms with Crippen LogP contribution in [0.4, 0.5) is 11.4 Å². The van der Waals surface area contributed by atoms with Crippen LogP contribution < -0.4 is 18.7 Å². The van der Waals surface area contributed by atoms with Gasteiger partial charge in [0.25, 0.3) is 5.91 Å². The lowest BCUT2D eigenvalue weighted by atomic mass is 10.1. The Hall–Kier alpha value is -2.79. The Bertz CT molecular complexity index is 1150. The highest BCUT2D eigenvalue weighted by Crippen LogP contribution is 2.44. The van der Waals surface area contributed by atoms with Gasteiger partial charge in [-0.1, -0.05) is 12.1 Å². The van der Waals surface area contributed by atoms with E-state index >= 15 is 0 Å². The van der Waals surface area contributed by atoms with Crippen LogP contribution in [-0.2, 0) is 19.6 Å². The van der Waals surface area contributed by atoms with Gasteiger partial charge in [-0.25, -0.2) is 8.42 Å². The van der Waals surface area contributed by atoms with Crippen LogP contribution in [0.15, 0.2) is 41.3 Å². The van der Waals surface area contributed by atoms with Crippen LogP contribution in [0.1, 0.15) is 20.3 Å². The van der Waals surface area contributed by atoms with E-state index < -0.39 is 22.5 Å². The number of rotatable bonds is 6. The third-order valence-electron chi connectivity index (χ3n) is 4.71. The molecular formula is C21H25N3O6S2. The normalized spacial score (nSPS) is 15.5. The number of benzene rings is 1. The Balaban J connectivity index is 2.04. The number of para-hydroxylation sites is 1. The summed E-state index contributed by atoms with van der Waals surface area (Å²) in [5.74, 6) is -0.982. The van der Waals surface area contributed by atoms with Crippen LogP contribution in [-0.4, -0.2) is 57.0 Å². The molecule has 11 heteroatoms. The van der Waals surface area contributed by atoms with Crippen molar-refractivity contribution in [1.82, 2.24) is 4.98 Å². The van der Waals surface area contributed by atoms with Gasteiger partial charge in [-0.2, -0.15) is 9.29 Å². The molecule has 2 amide bonds. The molecule has 0 atom stereocenters. The number of thioether (sulfide) groups is 1. The summed E-state index contributed by atoms with van der Waals surface area (Å²) in [6.45, 7) is 3.44. The van der Waals surface area contributed by atoms with Gasteiger partial charge in [-0.3, -0.25) is 9.59 Å². The van der Waals surface area contributed by atoms with Crippen molar-refractivity contribution in [2.75, 3.05) is 36.2 Å². The van der Waals surface area contributed by atoms with Crippen LogP contribution in [0.3, 0.4) is 0 Å². The lowest BCUT2D eigenvalue weighted by Gasteiger charge is -2.27. The predicted octanol–water partition coefficient (Wildman–Crippen LogP) is 2.70. The van der Waals surface area contributed by atoms with Crippen molar-refractivity contribution in [3.63, 3.8) is 0 Å². The predicted molar refractivity (Wildman–Crippen MR) is 123 cm³/mol. The molecular weight excluding hydrogens is 454 g/mol. The Morgan fingerprint density at radius 2 is 1.88 bits per heavy atom. The average Bonchev–Trinajstić information content (AvgIpc) is 2.80. The molecule has 172 valence electrons. The summed E-state index contributed by atoms with van der Waals surface area (Å²) in [6.07, 6.45) is 1.09. The lowest BCUT2D eigenvalue weighted by molar-refractivity contribution is -0.122. The van der Waals surface area contributed by atoms with E-state index in [1.807, 2.05) is 26.0 Å². The highest BCUT2D eigenvalue weighted by molar-refractivity contribution is 8.00. The van der Waals surface area contributed by atoms with Crippen LogP contribution >= 0.6 is 11.8 Å². The highest BCUT2D eigenvalue weighted by atomic mass is 32.2. The van der Waals surface area contributed by atoms with E-state index in [2.05, 4.69) is 4.98 Å². The molecule has 0 aliphatic carbocycles. The molecule has 0 saturated carbocycles. The standard InChI is InChI=1S/C21H25N3O6S2/c1-21(2)12-18(25)23(14-8-6-7-9-16(14)31-21)13-19(26)24(32(5,27)28)15-10-11-17(29-3)22-20(15)30-4/h6-11H,12-13H2,1-5H3. The first-order valence-electron chi connectivity index (χ1n) is 9.67. The number of aromatic nitrogens is 1. The van der Waals surface area contributed by atoms with E-state index in [0.29, 0.717) is 9.99 Å². The topological polar surface area (TPSA) is 106 Å². The van der Waals surface area contributed by atoms with Gasteiger partial charge in [-0.05, 0) is 32.0 Å². The molecule has 0 unspecified atom stereocenters. The zero-order valence-electron chi connectivity index (χ0n) is 18.5. The number of carbonyl (C=O) groups excluding carboxylic acids is 2. The van der Waals surface area contributed by atoms with Crippen molar-refractivity contribution in [2.24, 2.45) is 0 Å². The Morgan fingerprint density at radius 3 is 2.50 bits per heavy atom. The SMILES string of the molecule is COc1ccc(N(C(=O)CN2C(=O)CC(C)(C)Sc3ccccc32)S(C)(=O)=O)c(OC)n1. The minimum atomic E-state index is -4.07. The second-order valence-corrected chi connectivity index (χ2v) is 11.4. The molecule has 3 rings (SSSR count). The molecule has 1 aromatic carbocycles. The maximum absolute atomic E-state index is 13.3. The molecule has 0 N–H and O–H groups in total. The largest absolute Gasteiger partial charge is 0.481 e. The van der Waals surface area contributed by atoms with Gasteiger partial charge < -0.3 is 14.4 Å². The fourth-order valence-corrected chi connectivity index (χ4v) is 5.54. The molecule has 2 aromatic rings. The molecule has 2 heterocycles. The maximum Gasteiger partial charge on any atom is 0.260 e. The smallest absolute Gasteiger partial charge is 0.260 e. The number of pyridine rings is 1. The zero-order valence-corrected chi connectivity index (χ0v) is 20.1. The van der Waals surface area contributed by atoms with Gasteiger partial charge in [0, 0.05) is 22.1 Å². The summed E-state index contributed by atoms with van der Waals surface area (Å²) in [5.41, 5.74) is 0.501. The highest BCUT2D eigenvalue weighted by Gasteiger charge is 2.37. The third kappa shape index (κ3) is 4.99. The number of carbonyl (C=O) groups is 2. The summed E-state index contributed by atoms with van der Waals surface area (Å²) in [6, 6.07) is 10.1. The molecule has 0 bridgehead atoms. The monoisotopic (exact) mass is 479 g/mol. The number of hydrogen-bond acceptors (Lipinski definition) is 8. The molecule has 32 heavy (non-hydrogen) atoms. The van der Waals surface area contributed by atoms with Crippen molar-refractivity contribution in [2.45, 2.75) is 29.9 Å². The van der Waals surface area contributed by atoms with Crippen molar-refractivity contribution in [1.29, 1.82) is 0 Å². The molecule has 1 aliphatic rings. The molecule has 0 spiro atoms. The number of fused-ring (bicyclic) bond motifs is 1. The van der Waals surface area contributed by atoms with E-state index in [1.165, 1.54) is 31.3 Å². The van der Waals surface area contributed by atoms with E-state index in [9.17, 15) is 18.0 Å². The van der Waals surface area contributed by atoms with E-state index in [1.54, 1.807) is 23.9 Å². The quantitative estimate of drug-likeness (QED) is 0.623. The van der Waals surface area contributed by atoms with Crippen molar-refractivity contribution in [3.8, 4) is 11.8 Å². The molecule has 9 nitrogen and oxygen atoms in total. The number of nitrogens with zero attached hydrogens (tertiary/aromatic N) is 3. The van der Waals surface area contributed by atoms with Crippen molar-refractivity contribution in [3.05, 3.63) is 36.4 Å². The second kappa shape index (κ2) is 8.99. The number of ether oxygens (including phenoxy) is 2. The van der Waals surface area contributed by atoms with Crippen LogP contribution in [0, 0.1) is 0 Å². The minimum absolute atomic E-state index is 0.0638. The number of sulfonamides is 1. The van der Waals surface area contributed by atoms with Gasteiger partial charge >= 0.3 is 0 Å². The van der Waals surface area contributed by atoms with Crippen LogP contribution in [0.25, 0.3) is 0 Å². The van der Waals surface area contributed by atoms with Gasteiger partial charge in [0.15, 0.2) is 0 Å².